The van der Waals surface area contributed by atoms with E-state index < -0.39 is 0 Å². The van der Waals surface area contributed by atoms with Gasteiger partial charge in [-0.2, -0.15) is 5.01 Å². The summed E-state index contributed by atoms with van der Waals surface area (Å²) in [6, 6.07) is 21.6. The second-order valence-electron chi connectivity index (χ2n) is 6.97. The Balaban J connectivity index is 1.46. The smallest absolute Gasteiger partial charge is 0.110 e. The molecule has 0 aromatic heterocycles. The van der Waals surface area contributed by atoms with E-state index in [-0.39, 0.29) is 6.10 Å². The highest BCUT2D eigenvalue weighted by Gasteiger charge is 2.21. The van der Waals surface area contributed by atoms with Gasteiger partial charge in [0.2, 0.25) is 0 Å². The Labute approximate surface area is 191 Å². The van der Waals surface area contributed by atoms with Gasteiger partial charge in [-0.15, -0.1) is 0 Å². The van der Waals surface area contributed by atoms with Crippen LogP contribution in [-0.2, 0) is 11.3 Å². The van der Waals surface area contributed by atoms with Gasteiger partial charge in [0.25, 0.3) is 0 Å². The highest BCUT2D eigenvalue weighted by atomic mass is 35.5. The Bertz CT molecular complexity index is 1010. The molecule has 30 heavy (non-hydrogen) atoms. The maximum atomic E-state index is 6.45. The first-order chi connectivity index (χ1) is 14.6. The molecule has 0 saturated carbocycles. The number of nitrogens with zero attached hydrogens (tertiary/aromatic N) is 2. The van der Waals surface area contributed by atoms with E-state index in [2.05, 4.69) is 34.7 Å². The molecule has 0 aliphatic carbocycles. The lowest BCUT2D eigenvalue weighted by Crippen LogP contribution is -2.36. The molecule has 4 nitrogen and oxygen atoms in total. The topological polar surface area (TPSA) is 36.9 Å². The van der Waals surface area contributed by atoms with Crippen LogP contribution in [0.5, 0.6) is 0 Å². The predicted molar refractivity (Wildman–Crippen MR) is 124 cm³/mol. The van der Waals surface area contributed by atoms with Gasteiger partial charge in [0.05, 0.1) is 25.6 Å². The summed E-state index contributed by atoms with van der Waals surface area (Å²) in [5.74, 6) is 0. The lowest BCUT2D eigenvalue weighted by Gasteiger charge is -2.24. The van der Waals surface area contributed by atoms with E-state index in [1.165, 1.54) is 0 Å². The summed E-state index contributed by atoms with van der Waals surface area (Å²) in [5.41, 5.74) is 7.33. The van der Waals surface area contributed by atoms with Crippen molar-refractivity contribution in [2.75, 3.05) is 13.2 Å². The SMILES string of the molecule is Clc1ccc(-c2ccc(COC(CN3CN=CN3)c3ccc(Cl)cc3Cl)cc2)cc1. The number of hydrazine groups is 1. The summed E-state index contributed by atoms with van der Waals surface area (Å²) in [7, 11) is 0. The zero-order valence-corrected chi connectivity index (χ0v) is 18.3. The van der Waals surface area contributed by atoms with Crippen molar-refractivity contribution in [1.29, 1.82) is 0 Å². The Morgan fingerprint density at radius 2 is 1.57 bits per heavy atom. The van der Waals surface area contributed by atoms with Gasteiger partial charge >= 0.3 is 0 Å². The van der Waals surface area contributed by atoms with Crippen molar-refractivity contribution in [3.05, 3.63) is 92.9 Å². The number of halogens is 3. The third-order valence-electron chi connectivity index (χ3n) is 4.86. The minimum Gasteiger partial charge on any atom is -0.367 e. The molecule has 0 saturated heterocycles. The molecule has 1 atom stereocenters. The Morgan fingerprint density at radius 1 is 0.900 bits per heavy atom. The zero-order chi connectivity index (χ0) is 20.9. The molecule has 0 spiro atoms. The van der Waals surface area contributed by atoms with Gasteiger partial charge in [-0.1, -0.05) is 77.3 Å². The van der Waals surface area contributed by atoms with Crippen LogP contribution in [0.4, 0.5) is 0 Å². The van der Waals surface area contributed by atoms with Crippen LogP contribution in [0.1, 0.15) is 17.2 Å². The number of benzene rings is 3. The third-order valence-corrected chi connectivity index (χ3v) is 5.68. The number of ether oxygens (including phenoxy) is 1. The fraction of sp³-hybridized carbons (Fsp3) is 0.174. The average Bonchev–Trinajstić information content (AvgIpc) is 3.26. The van der Waals surface area contributed by atoms with E-state index in [9.17, 15) is 0 Å². The van der Waals surface area contributed by atoms with Crippen molar-refractivity contribution in [3.63, 3.8) is 0 Å². The van der Waals surface area contributed by atoms with Crippen LogP contribution in [0.3, 0.4) is 0 Å². The Kier molecular flexibility index (Phi) is 6.93. The van der Waals surface area contributed by atoms with E-state index in [1.54, 1.807) is 12.4 Å². The van der Waals surface area contributed by atoms with Gasteiger partial charge in [-0.25, -0.2) is 0 Å². The van der Waals surface area contributed by atoms with Crippen molar-refractivity contribution in [2.24, 2.45) is 4.99 Å². The summed E-state index contributed by atoms with van der Waals surface area (Å²) < 4.78 is 6.28. The highest BCUT2D eigenvalue weighted by molar-refractivity contribution is 6.35. The quantitative estimate of drug-likeness (QED) is 0.444. The van der Waals surface area contributed by atoms with Gasteiger partial charge < -0.3 is 10.2 Å². The standard InChI is InChI=1S/C23H20Cl3N3O/c24-19-7-5-18(6-8-19)17-3-1-16(2-4-17)13-30-23(12-29-15-27-14-28-29)21-10-9-20(25)11-22(21)26/h1-11,14,23H,12-13,15H2,(H,27,28). The number of hydrogen-bond donors (Lipinski definition) is 1. The maximum Gasteiger partial charge on any atom is 0.110 e. The van der Waals surface area contributed by atoms with Gasteiger partial charge in [-0.3, -0.25) is 4.99 Å². The van der Waals surface area contributed by atoms with E-state index >= 15 is 0 Å². The molecule has 1 aliphatic rings. The molecular formula is C23H20Cl3N3O. The lowest BCUT2D eigenvalue weighted by atomic mass is 10.0. The van der Waals surface area contributed by atoms with Crippen molar-refractivity contribution >= 4 is 41.1 Å². The Hall–Kier alpha value is -2.08. The molecule has 0 bridgehead atoms. The number of nitrogens with one attached hydrogen (secondary N) is 1. The van der Waals surface area contributed by atoms with Crippen molar-refractivity contribution in [3.8, 4) is 11.1 Å². The van der Waals surface area contributed by atoms with Crippen LogP contribution in [0.25, 0.3) is 11.1 Å². The molecule has 0 fully saturated rings. The molecule has 1 heterocycles. The second-order valence-corrected chi connectivity index (χ2v) is 8.25. The van der Waals surface area contributed by atoms with E-state index in [4.69, 9.17) is 39.5 Å². The molecule has 0 amide bonds. The third kappa shape index (κ3) is 5.34. The van der Waals surface area contributed by atoms with E-state index in [0.29, 0.717) is 29.9 Å². The molecule has 154 valence electrons. The molecule has 1 aliphatic heterocycles. The second kappa shape index (κ2) is 9.82. The van der Waals surface area contributed by atoms with Gasteiger partial charge in [0, 0.05) is 20.6 Å². The minimum atomic E-state index is -0.236. The van der Waals surface area contributed by atoms with Crippen molar-refractivity contribution in [2.45, 2.75) is 12.7 Å². The molecular weight excluding hydrogens is 441 g/mol. The summed E-state index contributed by atoms with van der Waals surface area (Å²) in [4.78, 5) is 4.18. The number of hydrogen-bond acceptors (Lipinski definition) is 4. The van der Waals surface area contributed by atoms with Crippen LogP contribution in [0.2, 0.25) is 15.1 Å². The summed E-state index contributed by atoms with van der Waals surface area (Å²) in [6.07, 6.45) is 1.44. The highest BCUT2D eigenvalue weighted by Crippen LogP contribution is 2.30. The maximum absolute atomic E-state index is 6.45. The number of aliphatic imine (C=N–C) groups is 1. The predicted octanol–water partition coefficient (Wildman–Crippen LogP) is 6.38. The van der Waals surface area contributed by atoms with Crippen LogP contribution in [0, 0.1) is 0 Å². The molecule has 3 aromatic carbocycles. The summed E-state index contributed by atoms with van der Waals surface area (Å²) in [5, 5.41) is 3.89. The normalized spacial score (nSPS) is 14.6. The molecule has 3 aromatic rings. The number of rotatable bonds is 7. The summed E-state index contributed by atoms with van der Waals surface area (Å²) >= 11 is 18.5. The zero-order valence-electron chi connectivity index (χ0n) is 16.1. The monoisotopic (exact) mass is 459 g/mol. The van der Waals surface area contributed by atoms with Gasteiger partial charge in [0.15, 0.2) is 0 Å². The largest absolute Gasteiger partial charge is 0.367 e. The first-order valence-electron chi connectivity index (χ1n) is 9.49. The molecule has 0 radical (unpaired) electrons. The molecule has 1 N–H and O–H groups in total. The minimum absolute atomic E-state index is 0.236. The van der Waals surface area contributed by atoms with Crippen LogP contribution < -0.4 is 5.43 Å². The van der Waals surface area contributed by atoms with Gasteiger partial charge in [0.1, 0.15) is 6.67 Å². The van der Waals surface area contributed by atoms with Crippen LogP contribution in [-0.4, -0.2) is 24.6 Å². The first kappa shape index (κ1) is 21.2. The first-order valence-corrected chi connectivity index (χ1v) is 10.6. The molecule has 1 unspecified atom stereocenters. The fourth-order valence-electron chi connectivity index (χ4n) is 3.25. The van der Waals surface area contributed by atoms with Crippen molar-refractivity contribution in [1.82, 2.24) is 10.4 Å². The van der Waals surface area contributed by atoms with Crippen LogP contribution >= 0.6 is 34.8 Å². The Morgan fingerprint density at radius 3 is 2.20 bits per heavy atom. The van der Waals surface area contributed by atoms with E-state index in [1.807, 2.05) is 41.4 Å². The van der Waals surface area contributed by atoms with Crippen LogP contribution in [0.15, 0.2) is 71.7 Å². The molecule has 4 rings (SSSR count). The van der Waals surface area contributed by atoms with E-state index in [0.717, 1.165) is 27.3 Å². The van der Waals surface area contributed by atoms with Gasteiger partial charge in [-0.05, 0) is 41.0 Å². The molecule has 7 heteroatoms. The lowest BCUT2D eigenvalue weighted by molar-refractivity contribution is 0.0110. The van der Waals surface area contributed by atoms with Crippen molar-refractivity contribution < 1.29 is 4.74 Å². The average molecular weight is 461 g/mol. The fourth-order valence-corrected chi connectivity index (χ4v) is 3.91. The summed E-state index contributed by atoms with van der Waals surface area (Å²) in [6.45, 7) is 1.63.